The summed E-state index contributed by atoms with van der Waals surface area (Å²) >= 11 is 0. The van der Waals surface area contributed by atoms with Crippen molar-refractivity contribution in [2.75, 3.05) is 6.54 Å². The van der Waals surface area contributed by atoms with Crippen molar-refractivity contribution < 1.29 is 4.79 Å². The lowest BCUT2D eigenvalue weighted by atomic mass is 10.00. The lowest BCUT2D eigenvalue weighted by Gasteiger charge is -2.28. The molecule has 0 radical (unpaired) electrons. The first-order valence-electron chi connectivity index (χ1n) is 7.10. The maximum absolute atomic E-state index is 12.5. The fraction of sp³-hybridized carbons (Fsp3) is 0.429. The zero-order valence-electron chi connectivity index (χ0n) is 11.9. The van der Waals surface area contributed by atoms with E-state index in [1.165, 1.54) is 11.0 Å². The summed E-state index contributed by atoms with van der Waals surface area (Å²) in [6.07, 6.45) is 3.38. The Morgan fingerprint density at radius 1 is 1.43 bits per heavy atom. The monoisotopic (exact) mass is 286 g/mol. The molecule has 2 aromatic rings. The van der Waals surface area contributed by atoms with E-state index in [1.54, 1.807) is 6.07 Å². The van der Waals surface area contributed by atoms with Crippen molar-refractivity contribution in [3.05, 3.63) is 36.2 Å². The number of nitrogens with zero attached hydrogens (tertiary/aromatic N) is 4. The smallest absolute Gasteiger partial charge is 0.253 e. The molecule has 1 saturated heterocycles. The largest absolute Gasteiger partial charge is 0.349 e. The summed E-state index contributed by atoms with van der Waals surface area (Å²) in [5.41, 5.74) is 1.26. The highest BCUT2D eigenvalue weighted by atomic mass is 16.1. The molecule has 2 atom stereocenters. The van der Waals surface area contributed by atoms with Crippen molar-refractivity contribution >= 4 is 5.91 Å². The van der Waals surface area contributed by atoms with Gasteiger partial charge in [-0.1, -0.05) is 12.1 Å². The summed E-state index contributed by atoms with van der Waals surface area (Å²) in [7, 11) is 0. The Morgan fingerprint density at radius 2 is 2.29 bits per heavy atom. The summed E-state index contributed by atoms with van der Waals surface area (Å²) in [5, 5.41) is 17.6. The third kappa shape index (κ3) is 3.08. The number of carbonyl (C=O) groups is 1. The number of piperidine rings is 1. The second-order valence-corrected chi connectivity index (χ2v) is 5.32. The Kier molecular flexibility index (Phi) is 3.92. The molecule has 1 amide bonds. The lowest BCUT2D eigenvalue weighted by Crippen LogP contribution is -2.46. The SMILES string of the molecule is CC1CC(NC(=O)c2ccccc2-n2cnnn2)CCN1. The van der Waals surface area contributed by atoms with Gasteiger partial charge in [-0.05, 0) is 48.9 Å². The van der Waals surface area contributed by atoms with E-state index in [9.17, 15) is 4.79 Å². The van der Waals surface area contributed by atoms with Crippen molar-refractivity contribution in [3.63, 3.8) is 0 Å². The zero-order valence-corrected chi connectivity index (χ0v) is 11.9. The molecule has 2 unspecified atom stereocenters. The summed E-state index contributed by atoms with van der Waals surface area (Å²) in [5.74, 6) is -0.0831. The molecule has 2 heterocycles. The van der Waals surface area contributed by atoms with Gasteiger partial charge in [0.1, 0.15) is 6.33 Å². The van der Waals surface area contributed by atoms with Crippen LogP contribution in [-0.4, -0.2) is 44.7 Å². The third-order valence-corrected chi connectivity index (χ3v) is 3.70. The number of hydrogen-bond acceptors (Lipinski definition) is 5. The van der Waals surface area contributed by atoms with E-state index >= 15 is 0 Å². The number of carbonyl (C=O) groups excluding carboxylic acids is 1. The molecule has 110 valence electrons. The Balaban J connectivity index is 1.79. The predicted octanol–water partition coefficient (Wildman–Crippen LogP) is 0.533. The number of amides is 1. The molecule has 0 aliphatic carbocycles. The van der Waals surface area contributed by atoms with Crippen LogP contribution in [0.1, 0.15) is 30.1 Å². The number of nitrogens with one attached hydrogen (secondary N) is 2. The van der Waals surface area contributed by atoms with Gasteiger partial charge in [0.2, 0.25) is 0 Å². The molecule has 21 heavy (non-hydrogen) atoms. The van der Waals surface area contributed by atoms with E-state index in [-0.39, 0.29) is 11.9 Å². The van der Waals surface area contributed by atoms with Crippen molar-refractivity contribution in [3.8, 4) is 5.69 Å². The van der Waals surface area contributed by atoms with Crippen molar-refractivity contribution in [1.82, 2.24) is 30.8 Å². The molecule has 0 bridgehead atoms. The minimum atomic E-state index is -0.0831. The molecule has 1 aromatic heterocycles. The van der Waals surface area contributed by atoms with Gasteiger partial charge in [-0.15, -0.1) is 5.10 Å². The predicted molar refractivity (Wildman–Crippen MR) is 77.1 cm³/mol. The highest BCUT2D eigenvalue weighted by Crippen LogP contribution is 2.14. The van der Waals surface area contributed by atoms with Crippen LogP contribution in [0.5, 0.6) is 0 Å². The van der Waals surface area contributed by atoms with Crippen LogP contribution >= 0.6 is 0 Å². The number of hydrogen-bond donors (Lipinski definition) is 2. The topological polar surface area (TPSA) is 84.7 Å². The van der Waals surface area contributed by atoms with Gasteiger partial charge in [0.05, 0.1) is 11.3 Å². The summed E-state index contributed by atoms with van der Waals surface area (Å²) in [6, 6.07) is 7.95. The van der Waals surface area contributed by atoms with E-state index in [0.717, 1.165) is 19.4 Å². The Morgan fingerprint density at radius 3 is 3.05 bits per heavy atom. The average Bonchev–Trinajstić information content (AvgIpc) is 3.01. The standard InChI is InChI=1S/C14H18N6O/c1-10-8-11(6-7-15-10)17-14(21)12-4-2-3-5-13(12)20-9-16-18-19-20/h2-5,9-11,15H,6-8H2,1H3,(H,17,21). The third-order valence-electron chi connectivity index (χ3n) is 3.70. The normalized spacial score (nSPS) is 22.0. The second-order valence-electron chi connectivity index (χ2n) is 5.32. The average molecular weight is 286 g/mol. The molecule has 1 aliphatic rings. The number of para-hydroxylation sites is 1. The lowest BCUT2D eigenvalue weighted by molar-refractivity contribution is 0.0925. The van der Waals surface area contributed by atoms with Crippen LogP contribution in [0.3, 0.4) is 0 Å². The molecule has 1 aliphatic heterocycles. The van der Waals surface area contributed by atoms with Crippen molar-refractivity contribution in [2.45, 2.75) is 31.8 Å². The van der Waals surface area contributed by atoms with E-state index in [1.807, 2.05) is 18.2 Å². The zero-order chi connectivity index (χ0) is 14.7. The van der Waals surface area contributed by atoms with E-state index in [4.69, 9.17) is 0 Å². The Bertz CT molecular complexity index is 612. The summed E-state index contributed by atoms with van der Waals surface area (Å²) in [4.78, 5) is 12.5. The first kappa shape index (κ1) is 13.7. The minimum Gasteiger partial charge on any atom is -0.349 e. The number of aromatic nitrogens is 4. The van der Waals surface area contributed by atoms with Gasteiger partial charge in [0, 0.05) is 12.1 Å². The van der Waals surface area contributed by atoms with Crippen LogP contribution in [0.4, 0.5) is 0 Å². The van der Waals surface area contributed by atoms with Crippen LogP contribution in [0.2, 0.25) is 0 Å². The minimum absolute atomic E-state index is 0.0831. The first-order valence-corrected chi connectivity index (χ1v) is 7.10. The Labute approximate surface area is 122 Å². The van der Waals surface area contributed by atoms with Crippen molar-refractivity contribution in [2.24, 2.45) is 0 Å². The van der Waals surface area contributed by atoms with Crippen molar-refractivity contribution in [1.29, 1.82) is 0 Å². The van der Waals surface area contributed by atoms with Gasteiger partial charge in [0.25, 0.3) is 5.91 Å². The van der Waals surface area contributed by atoms with Gasteiger partial charge in [-0.25, -0.2) is 0 Å². The maximum atomic E-state index is 12.5. The van der Waals surface area contributed by atoms with Crippen LogP contribution in [0, 0.1) is 0 Å². The second kappa shape index (κ2) is 6.01. The maximum Gasteiger partial charge on any atom is 0.253 e. The first-order chi connectivity index (χ1) is 10.2. The molecular weight excluding hydrogens is 268 g/mol. The van der Waals surface area contributed by atoms with Gasteiger partial charge in [-0.2, -0.15) is 4.68 Å². The highest BCUT2D eigenvalue weighted by molar-refractivity contribution is 5.97. The quantitative estimate of drug-likeness (QED) is 0.860. The fourth-order valence-electron chi connectivity index (χ4n) is 2.66. The number of rotatable bonds is 3. The molecule has 0 saturated carbocycles. The molecular formula is C14H18N6O. The van der Waals surface area contributed by atoms with Gasteiger partial charge in [0.15, 0.2) is 0 Å². The van der Waals surface area contributed by atoms with E-state index < -0.39 is 0 Å². The van der Waals surface area contributed by atoms with Gasteiger partial charge in [-0.3, -0.25) is 4.79 Å². The number of tetrazole rings is 1. The summed E-state index contributed by atoms with van der Waals surface area (Å²) in [6.45, 7) is 3.06. The number of benzene rings is 1. The van der Waals surface area contributed by atoms with Gasteiger partial charge < -0.3 is 10.6 Å². The molecule has 7 heteroatoms. The molecule has 7 nitrogen and oxygen atoms in total. The molecule has 1 fully saturated rings. The fourth-order valence-corrected chi connectivity index (χ4v) is 2.66. The molecule has 3 rings (SSSR count). The molecule has 2 N–H and O–H groups in total. The molecule has 1 aromatic carbocycles. The Hall–Kier alpha value is -2.28. The summed E-state index contributed by atoms with van der Waals surface area (Å²) < 4.78 is 1.50. The van der Waals surface area contributed by atoms with Crippen LogP contribution in [-0.2, 0) is 0 Å². The van der Waals surface area contributed by atoms with Crippen LogP contribution in [0.15, 0.2) is 30.6 Å². The van der Waals surface area contributed by atoms with Gasteiger partial charge >= 0.3 is 0 Å². The van der Waals surface area contributed by atoms with Crippen LogP contribution in [0.25, 0.3) is 5.69 Å². The van der Waals surface area contributed by atoms with E-state index in [2.05, 4.69) is 33.1 Å². The van der Waals surface area contributed by atoms with E-state index in [0.29, 0.717) is 17.3 Å². The molecule has 0 spiro atoms. The highest BCUT2D eigenvalue weighted by Gasteiger charge is 2.22. The van der Waals surface area contributed by atoms with Crippen LogP contribution < -0.4 is 10.6 Å².